The average molecular weight is 326 g/mol. The molecule has 5 heteroatoms. The predicted molar refractivity (Wildman–Crippen MR) is 89.7 cm³/mol. The highest BCUT2D eigenvalue weighted by atomic mass is 35.5. The first-order chi connectivity index (χ1) is 11.1. The molecule has 0 unspecified atom stereocenters. The molecule has 0 radical (unpaired) electrons. The molecule has 1 aliphatic rings. The first-order valence-electron chi connectivity index (χ1n) is 7.33. The van der Waals surface area contributed by atoms with Crippen LogP contribution in [0.4, 0.5) is 10.3 Å². The van der Waals surface area contributed by atoms with E-state index in [1.54, 1.807) is 12.1 Å². The first kappa shape index (κ1) is 14.2. The molecule has 1 heterocycles. The fourth-order valence-electron chi connectivity index (χ4n) is 3.07. The van der Waals surface area contributed by atoms with E-state index in [2.05, 4.69) is 9.97 Å². The molecule has 114 valence electrons. The molecule has 0 aliphatic heterocycles. The number of aryl methyl sites for hydroxylation is 2. The highest BCUT2D eigenvalue weighted by Crippen LogP contribution is 2.40. The quantitative estimate of drug-likeness (QED) is 0.726. The molecule has 0 spiro atoms. The molecule has 3 nitrogen and oxygen atoms in total. The Morgan fingerprint density at radius 2 is 1.78 bits per heavy atom. The van der Waals surface area contributed by atoms with Crippen LogP contribution in [-0.2, 0) is 12.8 Å². The van der Waals surface area contributed by atoms with Crippen molar-refractivity contribution in [1.29, 1.82) is 0 Å². The number of hydrogen-bond acceptors (Lipinski definition) is 3. The molecule has 0 fully saturated rings. The molecule has 3 aromatic rings. The molecule has 2 aromatic carbocycles. The zero-order chi connectivity index (χ0) is 16.0. The third-order valence-electron chi connectivity index (χ3n) is 4.09. The zero-order valence-electron chi connectivity index (χ0n) is 12.2. The number of halogens is 2. The molecule has 1 aromatic heterocycles. The van der Waals surface area contributed by atoms with E-state index in [4.69, 9.17) is 17.3 Å². The van der Waals surface area contributed by atoms with Crippen LogP contribution >= 0.6 is 11.6 Å². The lowest BCUT2D eigenvalue weighted by atomic mass is 9.86. The SMILES string of the molecule is Nc1nc2c(c(-c3ccc(F)cc3)n1)-c1ccc(Cl)cc1CC2. The number of hydrogen-bond donors (Lipinski definition) is 1. The van der Waals surface area contributed by atoms with Crippen molar-refractivity contribution in [1.82, 2.24) is 9.97 Å². The van der Waals surface area contributed by atoms with E-state index in [0.29, 0.717) is 5.02 Å². The Kier molecular flexibility index (Phi) is 3.27. The van der Waals surface area contributed by atoms with Gasteiger partial charge in [0, 0.05) is 16.1 Å². The molecule has 1 aliphatic carbocycles. The number of nitrogens with zero attached hydrogens (tertiary/aromatic N) is 2. The van der Waals surface area contributed by atoms with Crippen LogP contribution in [0.3, 0.4) is 0 Å². The van der Waals surface area contributed by atoms with Crippen LogP contribution < -0.4 is 5.73 Å². The van der Waals surface area contributed by atoms with E-state index < -0.39 is 0 Å². The Bertz CT molecular complexity index is 907. The summed E-state index contributed by atoms with van der Waals surface area (Å²) in [6, 6.07) is 12.1. The van der Waals surface area contributed by atoms with Gasteiger partial charge in [0.15, 0.2) is 0 Å². The van der Waals surface area contributed by atoms with Crippen LogP contribution in [0.1, 0.15) is 11.3 Å². The second kappa shape index (κ2) is 5.32. The molecular formula is C18H13ClFN3. The second-order valence-corrected chi connectivity index (χ2v) is 6.00. The van der Waals surface area contributed by atoms with Gasteiger partial charge in [0.1, 0.15) is 5.82 Å². The number of rotatable bonds is 1. The summed E-state index contributed by atoms with van der Waals surface area (Å²) in [7, 11) is 0. The van der Waals surface area contributed by atoms with Crippen molar-refractivity contribution in [2.75, 3.05) is 5.73 Å². The second-order valence-electron chi connectivity index (χ2n) is 5.56. The van der Waals surface area contributed by atoms with Gasteiger partial charge in [-0.15, -0.1) is 0 Å². The lowest BCUT2D eigenvalue weighted by Gasteiger charge is -2.22. The maximum atomic E-state index is 13.2. The van der Waals surface area contributed by atoms with Crippen LogP contribution in [0.2, 0.25) is 5.02 Å². The van der Waals surface area contributed by atoms with E-state index in [1.165, 1.54) is 17.7 Å². The topological polar surface area (TPSA) is 51.8 Å². The molecule has 23 heavy (non-hydrogen) atoms. The van der Waals surface area contributed by atoms with Crippen LogP contribution in [0, 0.1) is 5.82 Å². The van der Waals surface area contributed by atoms with Gasteiger partial charge in [-0.25, -0.2) is 14.4 Å². The normalized spacial score (nSPS) is 12.6. The summed E-state index contributed by atoms with van der Waals surface area (Å²) in [5.41, 5.74) is 11.5. The smallest absolute Gasteiger partial charge is 0.220 e. The standard InChI is InChI=1S/C18H13ClFN3/c19-12-4-7-14-11(9-12)3-8-15-16(14)17(23-18(21)22-15)10-1-5-13(20)6-2-10/h1-2,4-7,9H,3,8H2,(H2,21,22,23). The summed E-state index contributed by atoms with van der Waals surface area (Å²) in [4.78, 5) is 8.82. The number of anilines is 1. The van der Waals surface area contributed by atoms with Gasteiger partial charge in [0.2, 0.25) is 5.95 Å². The van der Waals surface area contributed by atoms with Gasteiger partial charge in [-0.2, -0.15) is 0 Å². The summed E-state index contributed by atoms with van der Waals surface area (Å²) in [5.74, 6) is -0.0442. The zero-order valence-corrected chi connectivity index (χ0v) is 12.9. The predicted octanol–water partition coefficient (Wildman–Crippen LogP) is 4.28. The molecule has 0 saturated heterocycles. The highest BCUT2D eigenvalue weighted by molar-refractivity contribution is 6.30. The van der Waals surface area contributed by atoms with E-state index in [0.717, 1.165) is 40.9 Å². The van der Waals surface area contributed by atoms with Crippen LogP contribution in [0.25, 0.3) is 22.4 Å². The van der Waals surface area contributed by atoms with Gasteiger partial charge < -0.3 is 5.73 Å². The summed E-state index contributed by atoms with van der Waals surface area (Å²) in [6.07, 6.45) is 1.64. The Labute approximate surface area is 138 Å². The molecule has 0 atom stereocenters. The van der Waals surface area contributed by atoms with E-state index in [9.17, 15) is 4.39 Å². The van der Waals surface area contributed by atoms with Gasteiger partial charge >= 0.3 is 0 Å². The molecule has 0 bridgehead atoms. The number of benzene rings is 2. The molecular weight excluding hydrogens is 313 g/mol. The third-order valence-corrected chi connectivity index (χ3v) is 4.32. The molecule has 0 amide bonds. The lowest BCUT2D eigenvalue weighted by Crippen LogP contribution is -2.11. The highest BCUT2D eigenvalue weighted by Gasteiger charge is 2.23. The molecule has 2 N–H and O–H groups in total. The van der Waals surface area contributed by atoms with Crippen molar-refractivity contribution in [3.63, 3.8) is 0 Å². The van der Waals surface area contributed by atoms with Crippen molar-refractivity contribution in [2.24, 2.45) is 0 Å². The minimum atomic E-state index is -0.281. The maximum Gasteiger partial charge on any atom is 0.220 e. The summed E-state index contributed by atoms with van der Waals surface area (Å²) >= 11 is 6.11. The lowest BCUT2D eigenvalue weighted by molar-refractivity contribution is 0.628. The van der Waals surface area contributed by atoms with Gasteiger partial charge in [-0.05, 0) is 60.4 Å². The fourth-order valence-corrected chi connectivity index (χ4v) is 3.27. The molecule has 4 rings (SSSR count). The summed E-state index contributed by atoms with van der Waals surface area (Å²) in [6.45, 7) is 0. The molecule has 0 saturated carbocycles. The first-order valence-corrected chi connectivity index (χ1v) is 7.71. The van der Waals surface area contributed by atoms with Gasteiger partial charge in [0.05, 0.1) is 11.4 Å². The van der Waals surface area contributed by atoms with Crippen LogP contribution in [0.5, 0.6) is 0 Å². The number of nitrogen functional groups attached to an aromatic ring is 1. The largest absolute Gasteiger partial charge is 0.368 e. The van der Waals surface area contributed by atoms with E-state index in [1.807, 2.05) is 18.2 Å². The van der Waals surface area contributed by atoms with Gasteiger partial charge in [-0.1, -0.05) is 17.7 Å². The van der Waals surface area contributed by atoms with Crippen molar-refractivity contribution in [3.8, 4) is 22.4 Å². The monoisotopic (exact) mass is 325 g/mol. The number of nitrogens with two attached hydrogens (primary N) is 1. The van der Waals surface area contributed by atoms with Crippen LogP contribution in [0.15, 0.2) is 42.5 Å². The van der Waals surface area contributed by atoms with Gasteiger partial charge in [-0.3, -0.25) is 0 Å². The number of aromatic nitrogens is 2. The van der Waals surface area contributed by atoms with Crippen molar-refractivity contribution in [3.05, 3.63) is 64.6 Å². The van der Waals surface area contributed by atoms with Gasteiger partial charge in [0.25, 0.3) is 0 Å². The minimum Gasteiger partial charge on any atom is -0.368 e. The number of fused-ring (bicyclic) bond motifs is 3. The van der Waals surface area contributed by atoms with Crippen molar-refractivity contribution in [2.45, 2.75) is 12.8 Å². The summed E-state index contributed by atoms with van der Waals surface area (Å²) in [5, 5.41) is 0.715. The maximum absolute atomic E-state index is 13.2. The summed E-state index contributed by atoms with van der Waals surface area (Å²) < 4.78 is 13.2. The Morgan fingerprint density at radius 1 is 1.00 bits per heavy atom. The minimum absolute atomic E-state index is 0.237. The van der Waals surface area contributed by atoms with E-state index >= 15 is 0 Å². The Balaban J connectivity index is 2.00. The Hall–Kier alpha value is -2.46. The Morgan fingerprint density at radius 3 is 2.57 bits per heavy atom. The van der Waals surface area contributed by atoms with Crippen molar-refractivity contribution >= 4 is 17.5 Å². The fraction of sp³-hybridized carbons (Fsp3) is 0.111. The van der Waals surface area contributed by atoms with E-state index in [-0.39, 0.29) is 11.8 Å². The average Bonchev–Trinajstić information content (AvgIpc) is 2.54. The van der Waals surface area contributed by atoms with Crippen LogP contribution in [-0.4, -0.2) is 9.97 Å². The van der Waals surface area contributed by atoms with Crippen molar-refractivity contribution < 1.29 is 4.39 Å². The third kappa shape index (κ3) is 2.45.